The fraction of sp³-hybridized carbons (Fsp3) is 0.950. The van der Waals surface area contributed by atoms with E-state index in [1.54, 1.807) is 0 Å². The van der Waals surface area contributed by atoms with Crippen LogP contribution >= 0.6 is 0 Å². The van der Waals surface area contributed by atoms with Gasteiger partial charge in [-0.15, -0.1) is 0 Å². The molecule has 1 unspecified atom stereocenters. The third-order valence-electron chi connectivity index (χ3n) is 4.61. The van der Waals surface area contributed by atoms with E-state index in [0.29, 0.717) is 6.42 Å². The highest BCUT2D eigenvalue weighted by molar-refractivity contribution is 5.68. The number of methoxy groups -OCH3 is 1. The van der Waals surface area contributed by atoms with E-state index < -0.39 is 0 Å². The van der Waals surface area contributed by atoms with Gasteiger partial charge in [0.2, 0.25) is 0 Å². The molecule has 2 nitrogen and oxygen atoms in total. The van der Waals surface area contributed by atoms with Crippen molar-refractivity contribution in [3.8, 4) is 0 Å². The number of esters is 1. The second-order valence-corrected chi connectivity index (χ2v) is 6.90. The molecule has 0 saturated carbocycles. The SMILES string of the molecule is CCCCCC(C)CCCCCCCCCCCC(=O)OC. The van der Waals surface area contributed by atoms with Crippen LogP contribution in [0.1, 0.15) is 110 Å². The topological polar surface area (TPSA) is 26.3 Å². The van der Waals surface area contributed by atoms with Gasteiger partial charge in [-0.1, -0.05) is 97.3 Å². The zero-order chi connectivity index (χ0) is 16.5. The summed E-state index contributed by atoms with van der Waals surface area (Å²) in [7, 11) is 1.47. The monoisotopic (exact) mass is 312 g/mol. The van der Waals surface area contributed by atoms with Gasteiger partial charge in [0.15, 0.2) is 0 Å². The molecule has 0 aromatic rings. The van der Waals surface area contributed by atoms with Gasteiger partial charge >= 0.3 is 5.97 Å². The predicted octanol–water partition coefficient (Wildman–Crippen LogP) is 6.67. The van der Waals surface area contributed by atoms with Crippen molar-refractivity contribution in [2.24, 2.45) is 5.92 Å². The van der Waals surface area contributed by atoms with Crippen molar-refractivity contribution in [2.75, 3.05) is 7.11 Å². The first-order valence-corrected chi connectivity index (χ1v) is 9.77. The van der Waals surface area contributed by atoms with E-state index in [2.05, 4.69) is 18.6 Å². The highest BCUT2D eigenvalue weighted by Gasteiger charge is 2.02. The van der Waals surface area contributed by atoms with E-state index in [1.807, 2.05) is 0 Å². The summed E-state index contributed by atoms with van der Waals surface area (Å²) in [6.45, 7) is 4.70. The predicted molar refractivity (Wildman–Crippen MR) is 96.1 cm³/mol. The molecule has 132 valence electrons. The van der Waals surface area contributed by atoms with Crippen LogP contribution in [-0.2, 0) is 9.53 Å². The molecule has 0 aliphatic heterocycles. The first-order valence-electron chi connectivity index (χ1n) is 9.77. The molecule has 0 aromatic heterocycles. The minimum Gasteiger partial charge on any atom is -0.469 e. The first-order chi connectivity index (χ1) is 10.7. The van der Waals surface area contributed by atoms with E-state index in [9.17, 15) is 4.79 Å². The summed E-state index contributed by atoms with van der Waals surface area (Å²) in [5.41, 5.74) is 0. The van der Waals surface area contributed by atoms with E-state index in [4.69, 9.17) is 0 Å². The molecular weight excluding hydrogens is 272 g/mol. The molecule has 2 heteroatoms. The quantitative estimate of drug-likeness (QED) is 0.235. The molecule has 0 saturated heterocycles. The zero-order valence-corrected chi connectivity index (χ0v) is 15.5. The Morgan fingerprint density at radius 3 is 1.73 bits per heavy atom. The van der Waals surface area contributed by atoms with Crippen LogP contribution in [-0.4, -0.2) is 13.1 Å². The summed E-state index contributed by atoms with van der Waals surface area (Å²) in [4.78, 5) is 10.9. The molecule has 22 heavy (non-hydrogen) atoms. The first kappa shape index (κ1) is 21.5. The lowest BCUT2D eigenvalue weighted by molar-refractivity contribution is -0.140. The lowest BCUT2D eigenvalue weighted by atomic mass is 9.96. The Hall–Kier alpha value is -0.530. The molecule has 0 fully saturated rings. The molecule has 0 heterocycles. The second-order valence-electron chi connectivity index (χ2n) is 6.90. The standard InChI is InChI=1S/C20H40O2/c1-4-5-13-16-19(2)17-14-11-9-7-6-8-10-12-15-18-20(21)22-3/h19H,4-18H2,1-3H3. The molecule has 0 aliphatic rings. The van der Waals surface area contributed by atoms with Crippen LogP contribution in [0.15, 0.2) is 0 Å². The highest BCUT2D eigenvalue weighted by atomic mass is 16.5. The Balaban J connectivity index is 3.12. The number of hydrogen-bond acceptors (Lipinski definition) is 2. The normalized spacial score (nSPS) is 12.3. The third kappa shape index (κ3) is 15.9. The van der Waals surface area contributed by atoms with E-state index in [0.717, 1.165) is 12.3 Å². The van der Waals surface area contributed by atoms with Crippen LogP contribution in [0.25, 0.3) is 0 Å². The van der Waals surface area contributed by atoms with Crippen molar-refractivity contribution in [1.29, 1.82) is 0 Å². The maximum Gasteiger partial charge on any atom is 0.305 e. The average Bonchev–Trinajstić information content (AvgIpc) is 2.52. The second kappa shape index (κ2) is 16.8. The number of hydrogen-bond donors (Lipinski definition) is 0. The molecule has 0 N–H and O–H groups in total. The van der Waals surface area contributed by atoms with Crippen molar-refractivity contribution in [1.82, 2.24) is 0 Å². The van der Waals surface area contributed by atoms with Gasteiger partial charge in [-0.05, 0) is 12.3 Å². The molecule has 0 aliphatic carbocycles. The summed E-state index contributed by atoms with van der Waals surface area (Å²) in [5.74, 6) is 0.866. The Labute approximate surface area is 139 Å². The van der Waals surface area contributed by atoms with Crippen LogP contribution in [0.5, 0.6) is 0 Å². The van der Waals surface area contributed by atoms with Crippen molar-refractivity contribution in [2.45, 2.75) is 110 Å². The van der Waals surface area contributed by atoms with Gasteiger partial charge in [-0.3, -0.25) is 4.79 Å². The van der Waals surface area contributed by atoms with Crippen LogP contribution < -0.4 is 0 Å². The van der Waals surface area contributed by atoms with E-state index in [-0.39, 0.29) is 5.97 Å². The van der Waals surface area contributed by atoms with Gasteiger partial charge in [0, 0.05) is 6.42 Å². The summed E-state index contributed by atoms with van der Waals surface area (Å²) >= 11 is 0. The smallest absolute Gasteiger partial charge is 0.305 e. The van der Waals surface area contributed by atoms with Gasteiger partial charge in [0.1, 0.15) is 0 Å². The molecule has 0 rings (SSSR count). The average molecular weight is 313 g/mol. The van der Waals surface area contributed by atoms with Crippen molar-refractivity contribution in [3.05, 3.63) is 0 Å². The third-order valence-corrected chi connectivity index (χ3v) is 4.61. The van der Waals surface area contributed by atoms with E-state index in [1.165, 1.54) is 90.6 Å². The minimum absolute atomic E-state index is 0.0658. The van der Waals surface area contributed by atoms with Crippen molar-refractivity contribution >= 4 is 5.97 Å². The van der Waals surface area contributed by atoms with Gasteiger partial charge < -0.3 is 4.74 Å². The molecular formula is C20H40O2. The number of unbranched alkanes of at least 4 members (excludes halogenated alkanes) is 10. The van der Waals surface area contributed by atoms with E-state index >= 15 is 0 Å². The highest BCUT2D eigenvalue weighted by Crippen LogP contribution is 2.18. The molecule has 0 spiro atoms. The maximum absolute atomic E-state index is 10.9. The fourth-order valence-electron chi connectivity index (χ4n) is 2.99. The molecule has 1 atom stereocenters. The Bertz CT molecular complexity index is 238. The maximum atomic E-state index is 10.9. The van der Waals surface area contributed by atoms with Gasteiger partial charge in [0.05, 0.1) is 7.11 Å². The summed E-state index contributed by atoms with van der Waals surface area (Å²) in [6.07, 6.45) is 19.4. The number of ether oxygens (including phenoxy) is 1. The lowest BCUT2D eigenvalue weighted by Crippen LogP contribution is -1.99. The van der Waals surface area contributed by atoms with Crippen LogP contribution in [0.3, 0.4) is 0 Å². The number of carbonyl (C=O) groups excluding carboxylic acids is 1. The Morgan fingerprint density at radius 2 is 1.23 bits per heavy atom. The molecule has 0 aromatic carbocycles. The van der Waals surface area contributed by atoms with Crippen molar-refractivity contribution in [3.63, 3.8) is 0 Å². The van der Waals surface area contributed by atoms with Crippen molar-refractivity contribution < 1.29 is 9.53 Å². The van der Waals surface area contributed by atoms with Gasteiger partial charge in [-0.25, -0.2) is 0 Å². The summed E-state index contributed by atoms with van der Waals surface area (Å²) < 4.78 is 4.64. The number of rotatable bonds is 16. The zero-order valence-electron chi connectivity index (χ0n) is 15.5. The van der Waals surface area contributed by atoms with Crippen LogP contribution in [0, 0.1) is 5.92 Å². The Kier molecular flexibility index (Phi) is 16.4. The van der Waals surface area contributed by atoms with Crippen LogP contribution in [0.4, 0.5) is 0 Å². The minimum atomic E-state index is -0.0658. The van der Waals surface area contributed by atoms with Gasteiger partial charge in [0.25, 0.3) is 0 Å². The molecule has 0 bridgehead atoms. The Morgan fingerprint density at radius 1 is 0.773 bits per heavy atom. The summed E-state index contributed by atoms with van der Waals surface area (Å²) in [6, 6.07) is 0. The van der Waals surface area contributed by atoms with Gasteiger partial charge in [-0.2, -0.15) is 0 Å². The number of carbonyl (C=O) groups is 1. The fourth-order valence-corrected chi connectivity index (χ4v) is 2.99. The molecule has 0 amide bonds. The molecule has 0 radical (unpaired) electrons. The van der Waals surface area contributed by atoms with Crippen LogP contribution in [0.2, 0.25) is 0 Å². The lowest BCUT2D eigenvalue weighted by Gasteiger charge is -2.10. The summed E-state index contributed by atoms with van der Waals surface area (Å²) in [5, 5.41) is 0. The largest absolute Gasteiger partial charge is 0.469 e.